The van der Waals surface area contributed by atoms with E-state index in [0.717, 1.165) is 25.4 Å². The molecule has 0 aromatic heterocycles. The van der Waals surface area contributed by atoms with Crippen LogP contribution in [0, 0.1) is 24.2 Å². The third-order valence-corrected chi connectivity index (χ3v) is 2.61. The zero-order valence-electron chi connectivity index (χ0n) is 7.63. The lowest BCUT2D eigenvalue weighted by atomic mass is 9.93. The molecule has 0 saturated carbocycles. The van der Waals surface area contributed by atoms with Crippen LogP contribution in [0.3, 0.4) is 0 Å². The van der Waals surface area contributed by atoms with Gasteiger partial charge in [-0.15, -0.1) is 0 Å². The van der Waals surface area contributed by atoms with E-state index in [2.05, 4.69) is 17.9 Å². The largest absolute Gasteiger partial charge is 0.291 e. The number of likely N-dealkylation sites (tertiary alicyclic amines) is 1. The van der Waals surface area contributed by atoms with Gasteiger partial charge in [0.2, 0.25) is 0 Å². The van der Waals surface area contributed by atoms with E-state index in [1.165, 1.54) is 19.3 Å². The number of rotatable bonds is 3. The standard InChI is InChI=1S/C10H17N2/c1-2-3-10-4-7-12(8-5-10)9-6-11/h10H,1-5,7-9H2. The first-order valence-corrected chi connectivity index (χ1v) is 4.75. The van der Waals surface area contributed by atoms with Gasteiger partial charge in [0.1, 0.15) is 0 Å². The minimum atomic E-state index is 0.608. The highest BCUT2D eigenvalue weighted by molar-refractivity contribution is 4.80. The third-order valence-electron chi connectivity index (χ3n) is 2.61. The molecular formula is C10H17N2. The lowest BCUT2D eigenvalue weighted by molar-refractivity contribution is 0.197. The first-order chi connectivity index (χ1) is 5.86. The summed E-state index contributed by atoms with van der Waals surface area (Å²) in [5.74, 6) is 0.873. The van der Waals surface area contributed by atoms with Crippen LogP contribution in [0.2, 0.25) is 0 Å². The Bertz CT molecular complexity index is 152. The molecule has 0 aromatic rings. The molecule has 1 fully saturated rings. The van der Waals surface area contributed by atoms with Crippen molar-refractivity contribution < 1.29 is 0 Å². The van der Waals surface area contributed by atoms with Crippen molar-refractivity contribution in [2.45, 2.75) is 25.7 Å². The predicted octanol–water partition coefficient (Wildman–Crippen LogP) is 1.84. The van der Waals surface area contributed by atoms with Crippen LogP contribution in [0.5, 0.6) is 0 Å². The summed E-state index contributed by atoms with van der Waals surface area (Å²) in [7, 11) is 0. The lowest BCUT2D eigenvalue weighted by Crippen LogP contribution is -2.33. The zero-order valence-corrected chi connectivity index (χ0v) is 7.63. The fourth-order valence-electron chi connectivity index (χ4n) is 1.82. The molecule has 2 nitrogen and oxygen atoms in total. The smallest absolute Gasteiger partial charge is 0.0865 e. The summed E-state index contributed by atoms with van der Waals surface area (Å²) < 4.78 is 0. The molecule has 0 N–H and O–H groups in total. The van der Waals surface area contributed by atoms with Crippen LogP contribution >= 0.6 is 0 Å². The molecule has 0 aliphatic carbocycles. The Morgan fingerprint density at radius 2 is 2.08 bits per heavy atom. The van der Waals surface area contributed by atoms with Crippen LogP contribution in [0.25, 0.3) is 0 Å². The van der Waals surface area contributed by atoms with Crippen LogP contribution in [-0.2, 0) is 0 Å². The molecule has 1 saturated heterocycles. The third kappa shape index (κ3) is 2.83. The van der Waals surface area contributed by atoms with Crippen molar-refractivity contribution in [1.29, 1.82) is 5.26 Å². The van der Waals surface area contributed by atoms with Crippen LogP contribution in [-0.4, -0.2) is 24.5 Å². The molecule has 0 bridgehead atoms. The number of hydrogen-bond acceptors (Lipinski definition) is 2. The van der Waals surface area contributed by atoms with Gasteiger partial charge in [-0.25, -0.2) is 0 Å². The van der Waals surface area contributed by atoms with Gasteiger partial charge in [0.25, 0.3) is 0 Å². The van der Waals surface area contributed by atoms with E-state index >= 15 is 0 Å². The number of piperidine rings is 1. The molecule has 0 aromatic carbocycles. The summed E-state index contributed by atoms with van der Waals surface area (Å²) in [5.41, 5.74) is 0. The molecule has 1 radical (unpaired) electrons. The Labute approximate surface area is 75.2 Å². The van der Waals surface area contributed by atoms with Crippen LogP contribution in [0.1, 0.15) is 25.7 Å². The van der Waals surface area contributed by atoms with Crippen molar-refractivity contribution in [3.8, 4) is 6.07 Å². The maximum absolute atomic E-state index is 8.49. The number of nitriles is 1. The first kappa shape index (κ1) is 9.54. The normalized spacial score (nSPS) is 20.7. The van der Waals surface area contributed by atoms with E-state index in [0.29, 0.717) is 6.54 Å². The molecule has 0 spiro atoms. The topological polar surface area (TPSA) is 27.0 Å². The van der Waals surface area contributed by atoms with Gasteiger partial charge < -0.3 is 0 Å². The van der Waals surface area contributed by atoms with Gasteiger partial charge in [-0.1, -0.05) is 19.8 Å². The van der Waals surface area contributed by atoms with Crippen molar-refractivity contribution in [1.82, 2.24) is 4.90 Å². The van der Waals surface area contributed by atoms with Gasteiger partial charge in [-0.3, -0.25) is 4.90 Å². The minimum Gasteiger partial charge on any atom is -0.291 e. The van der Waals surface area contributed by atoms with E-state index in [9.17, 15) is 0 Å². The molecule has 0 unspecified atom stereocenters. The van der Waals surface area contributed by atoms with Crippen molar-refractivity contribution in [2.24, 2.45) is 5.92 Å². The van der Waals surface area contributed by atoms with Gasteiger partial charge in [-0.2, -0.15) is 5.26 Å². The Kier molecular flexibility index (Phi) is 4.10. The molecule has 0 atom stereocenters. The first-order valence-electron chi connectivity index (χ1n) is 4.75. The van der Waals surface area contributed by atoms with Gasteiger partial charge in [-0.05, 0) is 31.8 Å². The van der Waals surface area contributed by atoms with E-state index in [1.807, 2.05) is 0 Å². The molecule has 0 amide bonds. The van der Waals surface area contributed by atoms with Crippen molar-refractivity contribution in [3.63, 3.8) is 0 Å². The zero-order chi connectivity index (χ0) is 8.81. The SMILES string of the molecule is [CH2]CCC1CCN(CC#N)CC1. The van der Waals surface area contributed by atoms with E-state index in [-0.39, 0.29) is 0 Å². The van der Waals surface area contributed by atoms with Gasteiger partial charge in [0.05, 0.1) is 12.6 Å². The second kappa shape index (κ2) is 5.16. The Morgan fingerprint density at radius 1 is 1.42 bits per heavy atom. The monoisotopic (exact) mass is 165 g/mol. The highest BCUT2D eigenvalue weighted by Gasteiger charge is 2.17. The summed E-state index contributed by atoms with van der Waals surface area (Å²) >= 11 is 0. The summed E-state index contributed by atoms with van der Waals surface area (Å²) in [6, 6.07) is 2.20. The lowest BCUT2D eigenvalue weighted by Gasteiger charge is -2.29. The maximum Gasteiger partial charge on any atom is 0.0865 e. The summed E-state index contributed by atoms with van der Waals surface area (Å²) in [6.07, 6.45) is 4.84. The Morgan fingerprint density at radius 3 is 2.58 bits per heavy atom. The summed E-state index contributed by atoms with van der Waals surface area (Å²) in [5, 5.41) is 8.49. The van der Waals surface area contributed by atoms with E-state index in [1.54, 1.807) is 0 Å². The fourth-order valence-corrected chi connectivity index (χ4v) is 1.82. The second-order valence-electron chi connectivity index (χ2n) is 3.52. The Balaban J connectivity index is 2.16. The highest BCUT2D eigenvalue weighted by atomic mass is 15.1. The predicted molar refractivity (Wildman–Crippen MR) is 49.4 cm³/mol. The molecule has 1 heterocycles. The number of hydrogen-bond donors (Lipinski definition) is 0. The van der Waals surface area contributed by atoms with Gasteiger partial charge >= 0.3 is 0 Å². The van der Waals surface area contributed by atoms with Gasteiger partial charge in [0.15, 0.2) is 0 Å². The van der Waals surface area contributed by atoms with E-state index < -0.39 is 0 Å². The number of nitrogens with zero attached hydrogens (tertiary/aromatic N) is 2. The molecule has 67 valence electrons. The van der Waals surface area contributed by atoms with Crippen LogP contribution in [0.4, 0.5) is 0 Å². The summed E-state index contributed by atoms with van der Waals surface area (Å²) in [4.78, 5) is 2.24. The molecule has 1 aliphatic heterocycles. The van der Waals surface area contributed by atoms with Crippen LogP contribution in [0.15, 0.2) is 0 Å². The quantitative estimate of drug-likeness (QED) is 0.597. The van der Waals surface area contributed by atoms with E-state index in [4.69, 9.17) is 5.26 Å². The van der Waals surface area contributed by atoms with Gasteiger partial charge in [0, 0.05) is 0 Å². The second-order valence-corrected chi connectivity index (χ2v) is 3.52. The highest BCUT2D eigenvalue weighted by Crippen LogP contribution is 2.20. The molecule has 2 heteroatoms. The average molecular weight is 165 g/mol. The maximum atomic E-state index is 8.49. The summed E-state index contributed by atoms with van der Waals surface area (Å²) in [6.45, 7) is 6.70. The van der Waals surface area contributed by atoms with Crippen molar-refractivity contribution in [3.05, 3.63) is 6.92 Å². The van der Waals surface area contributed by atoms with Crippen LogP contribution < -0.4 is 0 Å². The molecule has 1 rings (SSSR count). The minimum absolute atomic E-state index is 0.608. The van der Waals surface area contributed by atoms with Crippen molar-refractivity contribution >= 4 is 0 Å². The molecule has 12 heavy (non-hydrogen) atoms. The van der Waals surface area contributed by atoms with Crippen molar-refractivity contribution in [2.75, 3.05) is 19.6 Å². The fraction of sp³-hybridized carbons (Fsp3) is 0.800. The Hall–Kier alpha value is -0.550. The molecular weight excluding hydrogens is 148 g/mol. The average Bonchev–Trinajstić information content (AvgIpc) is 2.09. The molecule has 1 aliphatic rings.